The molecule has 0 saturated heterocycles. The molecular weight excluding hydrogens is 289 g/mol. The molecule has 21 heavy (non-hydrogen) atoms. The van der Waals surface area contributed by atoms with Crippen molar-refractivity contribution < 1.29 is 12.8 Å². The average molecular weight is 307 g/mol. The molecule has 2 aromatic rings. The first-order chi connectivity index (χ1) is 10.0. The Labute approximate surface area is 124 Å². The Balaban J connectivity index is 2.30. The van der Waals surface area contributed by atoms with Crippen molar-refractivity contribution in [2.24, 2.45) is 0 Å². The third-order valence-electron chi connectivity index (χ3n) is 3.21. The predicted octanol–water partition coefficient (Wildman–Crippen LogP) is 2.95. The molecule has 3 nitrogen and oxygen atoms in total. The van der Waals surface area contributed by atoms with Gasteiger partial charge in [-0.3, -0.25) is 0 Å². The number of nitrogens with one attached hydrogen (secondary N) is 1. The summed E-state index contributed by atoms with van der Waals surface area (Å²) < 4.78 is 38.6. The van der Waals surface area contributed by atoms with Gasteiger partial charge in [-0.2, -0.15) is 0 Å². The Morgan fingerprint density at radius 2 is 1.67 bits per heavy atom. The van der Waals surface area contributed by atoms with E-state index < -0.39 is 15.7 Å². The van der Waals surface area contributed by atoms with Gasteiger partial charge in [0.15, 0.2) is 9.84 Å². The van der Waals surface area contributed by atoms with Gasteiger partial charge in [-0.1, -0.05) is 49.4 Å². The number of hydrogen-bond acceptors (Lipinski definition) is 3. The van der Waals surface area contributed by atoms with E-state index in [4.69, 9.17) is 0 Å². The fourth-order valence-corrected chi connectivity index (χ4v) is 3.79. The lowest BCUT2D eigenvalue weighted by Crippen LogP contribution is -2.28. The van der Waals surface area contributed by atoms with E-state index in [1.807, 2.05) is 37.3 Å². The van der Waals surface area contributed by atoms with Crippen LogP contribution in [0.15, 0.2) is 59.5 Å². The summed E-state index contributed by atoms with van der Waals surface area (Å²) in [7, 11) is -3.70. The second-order valence-electron chi connectivity index (χ2n) is 4.73. The highest BCUT2D eigenvalue weighted by molar-refractivity contribution is 7.91. The Bertz CT molecular complexity index is 686. The second kappa shape index (κ2) is 6.83. The van der Waals surface area contributed by atoms with Crippen LogP contribution >= 0.6 is 0 Å². The van der Waals surface area contributed by atoms with E-state index in [0.717, 1.165) is 11.6 Å². The Hall–Kier alpha value is -1.72. The summed E-state index contributed by atoms with van der Waals surface area (Å²) >= 11 is 0. The Kier molecular flexibility index (Phi) is 5.09. The highest BCUT2D eigenvalue weighted by Crippen LogP contribution is 2.21. The van der Waals surface area contributed by atoms with E-state index in [0.29, 0.717) is 6.54 Å². The van der Waals surface area contributed by atoms with Gasteiger partial charge >= 0.3 is 0 Å². The molecule has 0 aliphatic heterocycles. The van der Waals surface area contributed by atoms with E-state index >= 15 is 0 Å². The average Bonchev–Trinajstić information content (AvgIpc) is 2.48. The SMILES string of the molecule is CCNC(CS(=O)(=O)c1ccccc1F)c1ccccc1. The van der Waals surface area contributed by atoms with Crippen LogP contribution in [-0.2, 0) is 9.84 Å². The highest BCUT2D eigenvalue weighted by atomic mass is 32.2. The van der Waals surface area contributed by atoms with Crippen LogP contribution in [0.4, 0.5) is 4.39 Å². The van der Waals surface area contributed by atoms with E-state index in [9.17, 15) is 12.8 Å². The molecule has 0 radical (unpaired) electrons. The largest absolute Gasteiger partial charge is 0.309 e. The van der Waals surface area contributed by atoms with Crippen LogP contribution in [0, 0.1) is 5.82 Å². The number of halogens is 1. The molecule has 1 N–H and O–H groups in total. The summed E-state index contributed by atoms with van der Waals surface area (Å²) in [6, 6.07) is 14.4. The summed E-state index contributed by atoms with van der Waals surface area (Å²) in [5.74, 6) is -0.882. The van der Waals surface area contributed by atoms with Crippen molar-refractivity contribution in [3.8, 4) is 0 Å². The van der Waals surface area contributed by atoms with Gasteiger partial charge in [0.25, 0.3) is 0 Å². The maximum absolute atomic E-state index is 13.7. The van der Waals surface area contributed by atoms with Gasteiger partial charge < -0.3 is 5.32 Å². The third kappa shape index (κ3) is 3.89. The van der Waals surface area contributed by atoms with Crippen molar-refractivity contribution in [2.75, 3.05) is 12.3 Å². The fraction of sp³-hybridized carbons (Fsp3) is 0.250. The number of sulfone groups is 1. The van der Waals surface area contributed by atoms with E-state index in [-0.39, 0.29) is 16.7 Å². The monoisotopic (exact) mass is 307 g/mol. The van der Waals surface area contributed by atoms with Gasteiger partial charge in [0, 0.05) is 6.04 Å². The van der Waals surface area contributed by atoms with Crippen molar-refractivity contribution in [3.63, 3.8) is 0 Å². The zero-order chi connectivity index (χ0) is 15.3. The van der Waals surface area contributed by atoms with Crippen molar-refractivity contribution in [1.29, 1.82) is 0 Å². The molecule has 0 spiro atoms. The lowest BCUT2D eigenvalue weighted by molar-refractivity contribution is 0.545. The van der Waals surface area contributed by atoms with Gasteiger partial charge in [-0.05, 0) is 24.2 Å². The quantitative estimate of drug-likeness (QED) is 0.892. The van der Waals surface area contributed by atoms with Crippen molar-refractivity contribution in [1.82, 2.24) is 5.32 Å². The zero-order valence-corrected chi connectivity index (χ0v) is 12.6. The Morgan fingerprint density at radius 3 is 2.29 bits per heavy atom. The molecule has 112 valence electrons. The molecule has 0 aliphatic carbocycles. The zero-order valence-electron chi connectivity index (χ0n) is 11.8. The minimum Gasteiger partial charge on any atom is -0.309 e. The normalized spacial score (nSPS) is 13.0. The van der Waals surface area contributed by atoms with Crippen LogP contribution in [0.2, 0.25) is 0 Å². The van der Waals surface area contributed by atoms with Crippen LogP contribution in [0.1, 0.15) is 18.5 Å². The molecular formula is C16H18FNO2S. The van der Waals surface area contributed by atoms with Gasteiger partial charge in [0.05, 0.1) is 5.75 Å². The van der Waals surface area contributed by atoms with Crippen LogP contribution in [0.5, 0.6) is 0 Å². The third-order valence-corrected chi connectivity index (χ3v) is 4.98. The van der Waals surface area contributed by atoms with E-state index in [1.165, 1.54) is 18.2 Å². The molecule has 1 atom stereocenters. The van der Waals surface area contributed by atoms with E-state index in [2.05, 4.69) is 5.32 Å². The second-order valence-corrected chi connectivity index (χ2v) is 6.74. The van der Waals surface area contributed by atoms with Crippen LogP contribution < -0.4 is 5.32 Å². The summed E-state index contributed by atoms with van der Waals surface area (Å²) in [6.45, 7) is 2.54. The maximum Gasteiger partial charge on any atom is 0.183 e. The topological polar surface area (TPSA) is 46.2 Å². The first kappa shape index (κ1) is 15.7. The van der Waals surface area contributed by atoms with Gasteiger partial charge in [-0.25, -0.2) is 12.8 Å². The van der Waals surface area contributed by atoms with Crippen LogP contribution in [0.25, 0.3) is 0 Å². The fourth-order valence-electron chi connectivity index (χ4n) is 2.21. The molecule has 0 bridgehead atoms. The minimum atomic E-state index is -3.70. The number of benzene rings is 2. The van der Waals surface area contributed by atoms with Crippen molar-refractivity contribution in [2.45, 2.75) is 17.9 Å². The standard InChI is InChI=1S/C16H18FNO2S/c1-2-18-15(13-8-4-3-5-9-13)12-21(19,20)16-11-7-6-10-14(16)17/h3-11,15,18H,2,12H2,1H3. The molecule has 2 aromatic carbocycles. The number of hydrogen-bond donors (Lipinski definition) is 1. The molecule has 0 amide bonds. The predicted molar refractivity (Wildman–Crippen MR) is 81.3 cm³/mol. The van der Waals surface area contributed by atoms with E-state index in [1.54, 1.807) is 0 Å². The molecule has 0 fully saturated rings. The molecule has 0 heterocycles. The lowest BCUT2D eigenvalue weighted by atomic mass is 10.1. The van der Waals surface area contributed by atoms with Crippen molar-refractivity contribution >= 4 is 9.84 Å². The highest BCUT2D eigenvalue weighted by Gasteiger charge is 2.24. The summed E-state index contributed by atoms with van der Waals surface area (Å²) in [5, 5.41) is 3.14. The molecule has 0 aromatic heterocycles. The summed E-state index contributed by atoms with van der Waals surface area (Å²) in [5.41, 5.74) is 0.874. The smallest absolute Gasteiger partial charge is 0.183 e. The lowest BCUT2D eigenvalue weighted by Gasteiger charge is -2.18. The van der Waals surface area contributed by atoms with Crippen LogP contribution in [-0.4, -0.2) is 20.7 Å². The summed E-state index contributed by atoms with van der Waals surface area (Å²) in [4.78, 5) is -0.246. The number of rotatable bonds is 6. The molecule has 0 saturated carbocycles. The summed E-state index contributed by atoms with van der Waals surface area (Å²) in [6.07, 6.45) is 0. The minimum absolute atomic E-state index is 0.175. The van der Waals surface area contributed by atoms with Crippen molar-refractivity contribution in [3.05, 3.63) is 66.0 Å². The maximum atomic E-state index is 13.7. The van der Waals surface area contributed by atoms with Gasteiger partial charge in [0.1, 0.15) is 10.7 Å². The molecule has 5 heteroatoms. The molecule has 2 rings (SSSR count). The Morgan fingerprint density at radius 1 is 1.05 bits per heavy atom. The van der Waals surface area contributed by atoms with Gasteiger partial charge in [-0.15, -0.1) is 0 Å². The van der Waals surface area contributed by atoms with Gasteiger partial charge in [0.2, 0.25) is 0 Å². The molecule has 1 unspecified atom stereocenters. The van der Waals surface area contributed by atoms with Crippen LogP contribution in [0.3, 0.4) is 0 Å². The first-order valence-corrected chi connectivity index (χ1v) is 8.45. The molecule has 0 aliphatic rings. The first-order valence-electron chi connectivity index (χ1n) is 6.80.